The minimum absolute atomic E-state index is 0.661. The molecule has 0 aliphatic heterocycles. The highest BCUT2D eigenvalue weighted by molar-refractivity contribution is 6.24. The Morgan fingerprint density at radius 2 is 1.00 bits per heavy atom. The van der Waals surface area contributed by atoms with Crippen LogP contribution >= 0.6 is 0 Å². The lowest BCUT2D eigenvalue weighted by Crippen LogP contribution is -2.54. The zero-order chi connectivity index (χ0) is 12.3. The third-order valence-corrected chi connectivity index (χ3v) is 2.45. The molecular formula is C10H4N4O2. The van der Waals surface area contributed by atoms with Gasteiger partial charge in [-0.05, 0) is 0 Å². The molecule has 0 N–H and O–H groups in total. The lowest BCUT2D eigenvalue weighted by Gasteiger charge is -2.32. The van der Waals surface area contributed by atoms with Crippen molar-refractivity contribution in [1.82, 2.24) is 0 Å². The molecule has 0 aromatic rings. The number of nitrogens with zero attached hydrogens (tertiary/aromatic N) is 4. The summed E-state index contributed by atoms with van der Waals surface area (Å²) in [5.74, 6) is -6.55. The molecule has 6 heteroatoms. The lowest BCUT2D eigenvalue weighted by molar-refractivity contribution is -0.152. The number of rotatable bonds is 2. The number of carbonyl (C=O) groups excluding carboxylic acids is 2. The molecule has 1 aliphatic carbocycles. The Balaban J connectivity index is 2.92. The van der Waals surface area contributed by atoms with E-state index in [2.05, 4.69) is 0 Å². The number of ketones is 2. The summed E-state index contributed by atoms with van der Waals surface area (Å²) in [5, 5.41) is 34.1. The summed E-state index contributed by atoms with van der Waals surface area (Å²) >= 11 is 0. The summed E-state index contributed by atoms with van der Waals surface area (Å²) in [6, 6.07) is 6.17. The molecule has 0 aromatic heterocycles. The van der Waals surface area contributed by atoms with Crippen molar-refractivity contribution in [3.63, 3.8) is 0 Å². The molecule has 16 heavy (non-hydrogen) atoms. The van der Waals surface area contributed by atoms with Crippen molar-refractivity contribution in [2.75, 3.05) is 0 Å². The van der Waals surface area contributed by atoms with Crippen LogP contribution in [0.15, 0.2) is 0 Å². The fraction of sp³-hybridized carbons (Fsp3) is 0.400. The highest BCUT2D eigenvalue weighted by Gasteiger charge is 2.56. The number of carbonyl (C=O) groups is 2. The molecular weight excluding hydrogens is 208 g/mol. The molecule has 0 spiro atoms. The van der Waals surface area contributed by atoms with E-state index >= 15 is 0 Å². The molecule has 0 aromatic carbocycles. The monoisotopic (exact) mass is 212 g/mol. The molecule has 0 unspecified atom stereocenters. The normalized spacial score (nSPS) is 22.9. The Kier molecular flexibility index (Phi) is 3.00. The van der Waals surface area contributed by atoms with Crippen molar-refractivity contribution in [2.45, 2.75) is 0 Å². The van der Waals surface area contributed by atoms with Gasteiger partial charge in [-0.3, -0.25) is 9.59 Å². The maximum absolute atomic E-state index is 11.5. The van der Waals surface area contributed by atoms with E-state index in [0.717, 1.165) is 0 Å². The van der Waals surface area contributed by atoms with E-state index in [1.54, 1.807) is 24.3 Å². The Hall–Kier alpha value is -2.70. The first-order valence-corrected chi connectivity index (χ1v) is 4.28. The lowest BCUT2D eigenvalue weighted by atomic mass is 9.62. The zero-order valence-corrected chi connectivity index (χ0v) is 7.91. The van der Waals surface area contributed by atoms with Crippen LogP contribution in [0.4, 0.5) is 0 Å². The minimum Gasteiger partial charge on any atom is -0.298 e. The van der Waals surface area contributed by atoms with Crippen molar-refractivity contribution in [1.29, 1.82) is 21.0 Å². The minimum atomic E-state index is -1.32. The topological polar surface area (TPSA) is 129 Å². The first-order valence-electron chi connectivity index (χ1n) is 4.28. The van der Waals surface area contributed by atoms with Gasteiger partial charge in [0.05, 0.1) is 24.3 Å². The fourth-order valence-corrected chi connectivity index (χ4v) is 1.58. The molecule has 0 atom stereocenters. The SMILES string of the molecule is N#CC(C#N)C1C(=O)C(C(C#N)C#N)C1=O. The first kappa shape index (κ1) is 11.4. The Morgan fingerprint density at radius 3 is 1.19 bits per heavy atom. The summed E-state index contributed by atoms with van der Waals surface area (Å²) in [6.07, 6.45) is 0. The average molecular weight is 212 g/mol. The summed E-state index contributed by atoms with van der Waals surface area (Å²) < 4.78 is 0. The van der Waals surface area contributed by atoms with Gasteiger partial charge < -0.3 is 0 Å². The smallest absolute Gasteiger partial charge is 0.158 e. The fourth-order valence-electron chi connectivity index (χ4n) is 1.58. The molecule has 76 valence electrons. The van der Waals surface area contributed by atoms with E-state index in [1.807, 2.05) is 0 Å². The molecule has 0 radical (unpaired) electrons. The van der Waals surface area contributed by atoms with Gasteiger partial charge in [0.2, 0.25) is 0 Å². The van der Waals surface area contributed by atoms with E-state index in [0.29, 0.717) is 0 Å². The second kappa shape index (κ2) is 4.22. The molecule has 1 saturated carbocycles. The van der Waals surface area contributed by atoms with Gasteiger partial charge in [-0.25, -0.2) is 0 Å². The van der Waals surface area contributed by atoms with Crippen molar-refractivity contribution >= 4 is 11.6 Å². The molecule has 6 nitrogen and oxygen atoms in total. The maximum Gasteiger partial charge on any atom is 0.158 e. The number of Topliss-reactive ketones (excluding diaryl/α,β-unsaturated/α-hetero) is 2. The molecule has 0 bridgehead atoms. The Bertz CT molecular complexity index is 423. The second-order valence-electron chi connectivity index (χ2n) is 3.23. The van der Waals surface area contributed by atoms with Gasteiger partial charge in [-0.1, -0.05) is 0 Å². The van der Waals surface area contributed by atoms with Gasteiger partial charge in [0, 0.05) is 0 Å². The molecule has 1 rings (SSSR count). The van der Waals surface area contributed by atoms with Gasteiger partial charge in [0.15, 0.2) is 11.6 Å². The summed E-state index contributed by atoms with van der Waals surface area (Å²) in [4.78, 5) is 22.9. The molecule has 0 amide bonds. The van der Waals surface area contributed by atoms with Gasteiger partial charge >= 0.3 is 0 Å². The Labute approximate surface area is 90.9 Å². The molecule has 0 heterocycles. The summed E-state index contributed by atoms with van der Waals surface area (Å²) in [7, 11) is 0. The van der Waals surface area contributed by atoms with E-state index in [-0.39, 0.29) is 0 Å². The largest absolute Gasteiger partial charge is 0.298 e. The van der Waals surface area contributed by atoms with Crippen molar-refractivity contribution < 1.29 is 9.59 Å². The average Bonchev–Trinajstić information content (AvgIpc) is 2.32. The Morgan fingerprint density at radius 1 is 0.750 bits per heavy atom. The van der Waals surface area contributed by atoms with E-state index in [9.17, 15) is 9.59 Å². The van der Waals surface area contributed by atoms with Gasteiger partial charge in [-0.2, -0.15) is 21.0 Å². The van der Waals surface area contributed by atoms with Crippen LogP contribution in [-0.2, 0) is 9.59 Å². The van der Waals surface area contributed by atoms with Crippen molar-refractivity contribution in [3.05, 3.63) is 0 Å². The van der Waals surface area contributed by atoms with Gasteiger partial charge in [-0.15, -0.1) is 0 Å². The van der Waals surface area contributed by atoms with Crippen molar-refractivity contribution in [2.24, 2.45) is 23.7 Å². The van der Waals surface area contributed by atoms with Crippen LogP contribution in [0.3, 0.4) is 0 Å². The molecule has 1 fully saturated rings. The maximum atomic E-state index is 11.5. The van der Waals surface area contributed by atoms with Crippen LogP contribution in [0, 0.1) is 69.0 Å². The van der Waals surface area contributed by atoms with E-state index < -0.39 is 35.2 Å². The summed E-state index contributed by atoms with van der Waals surface area (Å²) in [5.41, 5.74) is 0. The standard InChI is InChI=1S/C10H4N4O2/c11-1-5(2-12)7-9(15)8(10(7)16)6(3-13)4-14/h5-8H. The zero-order valence-electron chi connectivity index (χ0n) is 7.91. The molecule has 1 aliphatic rings. The van der Waals surface area contributed by atoms with Crippen LogP contribution in [0.2, 0.25) is 0 Å². The summed E-state index contributed by atoms with van der Waals surface area (Å²) in [6.45, 7) is 0. The highest BCUT2D eigenvalue weighted by Crippen LogP contribution is 2.35. The van der Waals surface area contributed by atoms with E-state index in [4.69, 9.17) is 21.0 Å². The van der Waals surface area contributed by atoms with Crippen LogP contribution < -0.4 is 0 Å². The predicted molar refractivity (Wildman–Crippen MR) is 46.4 cm³/mol. The van der Waals surface area contributed by atoms with Gasteiger partial charge in [0.1, 0.15) is 23.7 Å². The predicted octanol–water partition coefficient (Wildman–Crippen LogP) is -0.303. The number of hydrogen-bond donors (Lipinski definition) is 0. The first-order chi connectivity index (χ1) is 7.62. The third kappa shape index (κ3) is 1.40. The van der Waals surface area contributed by atoms with Crippen LogP contribution in [0.5, 0.6) is 0 Å². The van der Waals surface area contributed by atoms with Crippen LogP contribution in [-0.4, -0.2) is 11.6 Å². The second-order valence-corrected chi connectivity index (χ2v) is 3.23. The van der Waals surface area contributed by atoms with Crippen LogP contribution in [0.25, 0.3) is 0 Å². The highest BCUT2D eigenvalue weighted by atomic mass is 16.2. The number of hydrogen-bond acceptors (Lipinski definition) is 6. The third-order valence-electron chi connectivity index (χ3n) is 2.45. The van der Waals surface area contributed by atoms with Gasteiger partial charge in [0.25, 0.3) is 0 Å². The van der Waals surface area contributed by atoms with E-state index in [1.165, 1.54) is 0 Å². The van der Waals surface area contributed by atoms with Crippen molar-refractivity contribution in [3.8, 4) is 24.3 Å². The number of nitriles is 4. The quantitative estimate of drug-likeness (QED) is 0.577. The van der Waals surface area contributed by atoms with Crippen LogP contribution in [0.1, 0.15) is 0 Å². The molecule has 0 saturated heterocycles.